The second kappa shape index (κ2) is 13.8. The number of ether oxygens (including phenoxy) is 7. The molecule has 0 aromatic carbocycles. The third-order valence-corrected chi connectivity index (χ3v) is 5.48. The van der Waals surface area contributed by atoms with Gasteiger partial charge in [0, 0.05) is 34.6 Å². The first kappa shape index (κ1) is 31.3. The molecule has 0 aliphatic carbocycles. The normalized spacial score (nSPS) is 34.9. The van der Waals surface area contributed by atoms with Crippen molar-refractivity contribution in [3.05, 3.63) is 0 Å². The maximum Gasteiger partial charge on any atom is 0.303 e. The largest absolute Gasteiger partial charge is 0.463 e. The average Bonchev–Trinajstić information content (AvgIpc) is 2.79. The molecule has 216 valence electrons. The summed E-state index contributed by atoms with van der Waals surface area (Å²) in [4.78, 5) is 59.0. The summed E-state index contributed by atoms with van der Waals surface area (Å²) in [7, 11) is 0. The van der Waals surface area contributed by atoms with Crippen molar-refractivity contribution in [3.63, 3.8) is 0 Å². The van der Waals surface area contributed by atoms with Crippen molar-refractivity contribution in [3.8, 4) is 0 Å². The van der Waals surface area contributed by atoms with E-state index in [1.165, 1.54) is 0 Å². The first-order valence-electron chi connectivity index (χ1n) is 11.6. The van der Waals surface area contributed by atoms with Crippen LogP contribution in [-0.4, -0.2) is 120 Å². The van der Waals surface area contributed by atoms with Gasteiger partial charge in [0.1, 0.15) is 37.1 Å². The van der Waals surface area contributed by atoms with E-state index in [0.717, 1.165) is 34.6 Å². The molecule has 0 aromatic heterocycles. The Morgan fingerprint density at radius 3 is 1.79 bits per heavy atom. The van der Waals surface area contributed by atoms with Gasteiger partial charge in [-0.2, -0.15) is 0 Å². The van der Waals surface area contributed by atoms with Crippen molar-refractivity contribution >= 4 is 29.8 Å². The number of rotatable bonds is 9. The molecule has 4 N–H and O–H groups in total. The summed E-state index contributed by atoms with van der Waals surface area (Å²) in [6, 6.07) is -1.41. The van der Waals surface area contributed by atoms with Crippen LogP contribution in [0.25, 0.3) is 0 Å². The van der Waals surface area contributed by atoms with Crippen LogP contribution in [0.1, 0.15) is 34.6 Å². The van der Waals surface area contributed by atoms with E-state index in [9.17, 15) is 39.3 Å². The van der Waals surface area contributed by atoms with Gasteiger partial charge in [-0.15, -0.1) is 0 Å². The molecule has 0 radical (unpaired) electrons. The Morgan fingerprint density at radius 1 is 0.737 bits per heavy atom. The van der Waals surface area contributed by atoms with Crippen molar-refractivity contribution in [2.75, 3.05) is 13.2 Å². The monoisotopic (exact) mass is 551 g/mol. The lowest BCUT2D eigenvalue weighted by molar-refractivity contribution is -0.343. The van der Waals surface area contributed by atoms with Crippen LogP contribution in [0.2, 0.25) is 0 Å². The molecule has 0 spiro atoms. The minimum atomic E-state index is -1.75. The van der Waals surface area contributed by atoms with Crippen molar-refractivity contribution in [2.24, 2.45) is 0 Å². The lowest BCUT2D eigenvalue weighted by Gasteiger charge is -2.48. The minimum Gasteiger partial charge on any atom is -0.463 e. The molecule has 0 unspecified atom stereocenters. The van der Waals surface area contributed by atoms with Crippen molar-refractivity contribution in [1.82, 2.24) is 5.32 Å². The first-order chi connectivity index (χ1) is 17.7. The zero-order chi connectivity index (χ0) is 28.7. The summed E-state index contributed by atoms with van der Waals surface area (Å²) in [6.45, 7) is 4.10. The molecule has 2 aliphatic rings. The standard InChI is InChI=1S/C22H33NO15/c1-8(25)23-15-18(16(30)13(6-24)36-21(15)31)38-22-20(35-12(5)29)19(34-11(4)28)17(33-10(3)27)14(37-22)7-32-9(2)26/h13-22,24,30-31H,6-7H2,1-5H3,(H,23,25)/t13-,14-,15-,16-,17+,18-,19+,20-,21+,22+/m1/s1. The summed E-state index contributed by atoms with van der Waals surface area (Å²) in [5.74, 6) is -3.94. The second-order valence-electron chi connectivity index (χ2n) is 8.63. The van der Waals surface area contributed by atoms with E-state index >= 15 is 0 Å². The van der Waals surface area contributed by atoms with E-state index in [4.69, 9.17) is 33.2 Å². The van der Waals surface area contributed by atoms with E-state index in [0.29, 0.717) is 0 Å². The van der Waals surface area contributed by atoms with Gasteiger partial charge in [0.05, 0.1) is 6.61 Å². The van der Waals surface area contributed by atoms with Gasteiger partial charge < -0.3 is 53.8 Å². The van der Waals surface area contributed by atoms with E-state index in [1.54, 1.807) is 0 Å². The van der Waals surface area contributed by atoms with Crippen LogP contribution in [0.15, 0.2) is 0 Å². The molecule has 2 fully saturated rings. The van der Waals surface area contributed by atoms with Crippen LogP contribution < -0.4 is 5.32 Å². The summed E-state index contributed by atoms with van der Waals surface area (Å²) >= 11 is 0. The van der Waals surface area contributed by atoms with Crippen LogP contribution >= 0.6 is 0 Å². The fourth-order valence-electron chi connectivity index (χ4n) is 4.09. The number of aliphatic hydroxyl groups excluding tert-OH is 3. The molecule has 2 saturated heterocycles. The molecule has 16 nitrogen and oxygen atoms in total. The first-order valence-corrected chi connectivity index (χ1v) is 11.6. The fraction of sp³-hybridized carbons (Fsp3) is 0.773. The van der Waals surface area contributed by atoms with Gasteiger partial charge in [-0.25, -0.2) is 0 Å². The third-order valence-electron chi connectivity index (χ3n) is 5.48. The van der Waals surface area contributed by atoms with Gasteiger partial charge in [-0.3, -0.25) is 24.0 Å². The molecule has 1 amide bonds. The molecule has 2 rings (SSSR count). The summed E-state index contributed by atoms with van der Waals surface area (Å²) in [6.07, 6.45) is -14.0. The van der Waals surface area contributed by atoms with E-state index in [-0.39, 0.29) is 0 Å². The molecule has 2 aliphatic heterocycles. The van der Waals surface area contributed by atoms with Crippen LogP contribution in [0.4, 0.5) is 0 Å². The molecular weight excluding hydrogens is 518 g/mol. The minimum absolute atomic E-state index is 0.523. The second-order valence-corrected chi connectivity index (χ2v) is 8.63. The zero-order valence-corrected chi connectivity index (χ0v) is 21.4. The predicted molar refractivity (Wildman–Crippen MR) is 118 cm³/mol. The average molecular weight is 551 g/mol. The smallest absolute Gasteiger partial charge is 0.303 e. The van der Waals surface area contributed by atoms with Crippen molar-refractivity contribution < 1.29 is 72.5 Å². The van der Waals surface area contributed by atoms with Gasteiger partial charge in [0.25, 0.3) is 0 Å². The van der Waals surface area contributed by atoms with Gasteiger partial charge in [-0.05, 0) is 0 Å². The van der Waals surface area contributed by atoms with Crippen molar-refractivity contribution in [1.29, 1.82) is 0 Å². The molecule has 16 heteroatoms. The SMILES string of the molecule is CC(=O)N[C@@H]1[C@@H](O[C@@H]2O[C@H](COC(C)=O)[C@H](OC(C)=O)[C@H](OC(C)=O)[C@H]2OC(C)=O)[C@H](O)[C@@H](CO)O[C@@H]1O. The Labute approximate surface area is 217 Å². The van der Waals surface area contributed by atoms with Gasteiger partial charge in [0.2, 0.25) is 5.91 Å². The quantitative estimate of drug-likeness (QED) is 0.166. The fourth-order valence-corrected chi connectivity index (χ4v) is 4.09. The summed E-state index contributed by atoms with van der Waals surface area (Å²) < 4.78 is 37.7. The lowest BCUT2D eigenvalue weighted by Crippen LogP contribution is -2.68. The molecular formula is C22H33NO15. The number of amides is 1. The number of carbonyl (C=O) groups is 5. The van der Waals surface area contributed by atoms with Gasteiger partial charge in [-0.1, -0.05) is 0 Å². The third kappa shape index (κ3) is 8.31. The van der Waals surface area contributed by atoms with Crippen LogP contribution in [0.3, 0.4) is 0 Å². The Hall–Kier alpha value is -2.89. The summed E-state index contributed by atoms with van der Waals surface area (Å²) in [5.41, 5.74) is 0. The number of carbonyl (C=O) groups excluding carboxylic acids is 5. The molecule has 0 bridgehead atoms. The van der Waals surface area contributed by atoms with E-state index in [2.05, 4.69) is 5.32 Å². The lowest BCUT2D eigenvalue weighted by atomic mass is 9.95. The highest BCUT2D eigenvalue weighted by Crippen LogP contribution is 2.33. The number of aliphatic hydroxyl groups is 3. The predicted octanol–water partition coefficient (Wildman–Crippen LogP) is -2.97. The molecule has 38 heavy (non-hydrogen) atoms. The Bertz CT molecular complexity index is 881. The van der Waals surface area contributed by atoms with Crippen molar-refractivity contribution in [2.45, 2.75) is 96.0 Å². The number of nitrogens with one attached hydrogen (secondary N) is 1. The Balaban J connectivity index is 2.54. The van der Waals surface area contributed by atoms with Gasteiger partial charge >= 0.3 is 23.9 Å². The molecule has 2 heterocycles. The van der Waals surface area contributed by atoms with Crippen LogP contribution in [0.5, 0.6) is 0 Å². The highest BCUT2D eigenvalue weighted by Gasteiger charge is 2.55. The number of esters is 4. The van der Waals surface area contributed by atoms with E-state index in [1.807, 2.05) is 0 Å². The van der Waals surface area contributed by atoms with Gasteiger partial charge in [0.15, 0.2) is 30.9 Å². The zero-order valence-electron chi connectivity index (χ0n) is 21.4. The Kier molecular flexibility index (Phi) is 11.4. The van der Waals surface area contributed by atoms with Crippen LogP contribution in [0, 0.1) is 0 Å². The highest BCUT2D eigenvalue weighted by atomic mass is 16.7. The highest BCUT2D eigenvalue weighted by molar-refractivity contribution is 5.73. The van der Waals surface area contributed by atoms with E-state index < -0.39 is 104 Å². The summed E-state index contributed by atoms with van der Waals surface area (Å²) in [5, 5.41) is 33.1. The molecule has 0 aromatic rings. The maximum absolute atomic E-state index is 12.0. The molecule has 10 atom stereocenters. The maximum atomic E-state index is 12.0. The number of hydrogen-bond donors (Lipinski definition) is 4. The van der Waals surface area contributed by atoms with Crippen LogP contribution in [-0.2, 0) is 57.1 Å². The topological polar surface area (TPSA) is 223 Å². The number of hydrogen-bond acceptors (Lipinski definition) is 15. The molecule has 0 saturated carbocycles. The Morgan fingerprint density at radius 2 is 1.29 bits per heavy atom.